The zero-order valence-corrected chi connectivity index (χ0v) is 26.4. The fourth-order valence-corrected chi connectivity index (χ4v) is 8.43. The van der Waals surface area contributed by atoms with Crippen molar-refractivity contribution in [3.63, 3.8) is 0 Å². The van der Waals surface area contributed by atoms with Crippen molar-refractivity contribution in [2.75, 3.05) is 32.6 Å². The number of aromatic nitrogens is 1. The van der Waals surface area contributed by atoms with E-state index in [1.54, 1.807) is 13.2 Å². The lowest BCUT2D eigenvalue weighted by Crippen LogP contribution is -2.51. The molecule has 45 heavy (non-hydrogen) atoms. The maximum atomic E-state index is 12.8. The van der Waals surface area contributed by atoms with Crippen LogP contribution in [0.4, 0.5) is 4.79 Å². The van der Waals surface area contributed by atoms with Crippen LogP contribution in [0, 0.1) is 0 Å². The number of benzene rings is 4. The van der Waals surface area contributed by atoms with Crippen LogP contribution in [0.1, 0.15) is 29.9 Å². The molecule has 1 aliphatic rings. The molecule has 2 unspecified atom stereocenters. The summed E-state index contributed by atoms with van der Waals surface area (Å²) in [7, 11) is -1.86. The number of ether oxygens (including phenoxy) is 3. The average molecular weight is 646 g/mol. The number of methoxy groups -OCH3 is 1. The van der Waals surface area contributed by atoms with Gasteiger partial charge in [-0.25, -0.2) is 13.4 Å². The molecule has 5 aromatic rings. The standard InChI is InChI=1S/C34H34N2O7S2/c1-41-32-25(12-11-23-7-2-3-8-28(23)32)22-43-30-21-36(34(37)38)18-17-27(30)24-13-15-26(16-14-24)42-19-6-20-45(39,40)33-35-29-9-4-5-10-31(29)44-33/h2-5,7-16,27,30H,6,17-22H2,1H3,(H,37,38)/p-1. The Labute approximate surface area is 265 Å². The quantitative estimate of drug-likeness (QED) is 0.175. The van der Waals surface area contributed by atoms with E-state index in [0.29, 0.717) is 30.7 Å². The number of rotatable bonds is 11. The number of piperidine rings is 1. The number of para-hydroxylation sites is 1. The third kappa shape index (κ3) is 6.90. The molecule has 2 atom stereocenters. The van der Waals surface area contributed by atoms with Crippen molar-refractivity contribution in [3.8, 4) is 11.5 Å². The summed E-state index contributed by atoms with van der Waals surface area (Å²) < 4.78 is 44.6. The Morgan fingerprint density at radius 1 is 1.02 bits per heavy atom. The number of thiazole rings is 1. The number of likely N-dealkylation sites (tertiary alicyclic amines) is 1. The highest BCUT2D eigenvalue weighted by molar-refractivity contribution is 7.93. The maximum Gasteiger partial charge on any atom is 0.210 e. The number of carboxylic acid groups (broad SMARTS) is 1. The molecular formula is C34H33N2O7S2-. The minimum absolute atomic E-state index is 0.0416. The van der Waals surface area contributed by atoms with Gasteiger partial charge in [-0.1, -0.05) is 60.7 Å². The summed E-state index contributed by atoms with van der Waals surface area (Å²) in [6.07, 6.45) is -0.695. The lowest BCUT2D eigenvalue weighted by molar-refractivity contribution is -0.268. The summed E-state index contributed by atoms with van der Waals surface area (Å²) in [5.41, 5.74) is 2.58. The third-order valence-corrected chi connectivity index (χ3v) is 11.4. The molecule has 6 rings (SSSR count). The number of carbonyl (C=O) groups excluding carboxylic acids is 1. The number of hydrogen-bond acceptors (Lipinski definition) is 9. The smallest absolute Gasteiger partial charge is 0.210 e. The Morgan fingerprint density at radius 2 is 1.80 bits per heavy atom. The number of hydrogen-bond donors (Lipinski definition) is 0. The number of carbonyl (C=O) groups is 1. The summed E-state index contributed by atoms with van der Waals surface area (Å²) in [5, 5.41) is 13.8. The largest absolute Gasteiger partial charge is 0.530 e. The van der Waals surface area contributed by atoms with E-state index in [2.05, 4.69) is 4.98 Å². The number of sulfone groups is 1. The highest BCUT2D eigenvalue weighted by Gasteiger charge is 2.32. The summed E-state index contributed by atoms with van der Waals surface area (Å²) in [4.78, 5) is 17.3. The van der Waals surface area contributed by atoms with Crippen LogP contribution in [0.2, 0.25) is 0 Å². The van der Waals surface area contributed by atoms with Crippen LogP contribution < -0.4 is 14.6 Å². The molecule has 4 aromatic carbocycles. The molecule has 1 aliphatic heterocycles. The van der Waals surface area contributed by atoms with Crippen molar-refractivity contribution in [3.05, 3.63) is 96.1 Å². The minimum Gasteiger partial charge on any atom is -0.530 e. The molecule has 2 heterocycles. The zero-order chi connectivity index (χ0) is 31.4. The van der Waals surface area contributed by atoms with E-state index in [4.69, 9.17) is 14.2 Å². The van der Waals surface area contributed by atoms with Gasteiger partial charge in [0, 0.05) is 30.0 Å². The SMILES string of the molecule is COc1c(COC2CN(C(=O)[O-])CCC2c2ccc(OCCCS(=O)(=O)c3nc4ccccc4s3)cc2)ccc2ccccc12. The van der Waals surface area contributed by atoms with Crippen LogP contribution in [0.3, 0.4) is 0 Å². The van der Waals surface area contributed by atoms with Gasteiger partial charge < -0.3 is 29.0 Å². The Bertz CT molecular complexity index is 1870. The lowest BCUT2D eigenvalue weighted by Gasteiger charge is -2.40. The first-order chi connectivity index (χ1) is 21.8. The van der Waals surface area contributed by atoms with Crippen LogP contribution in [0.15, 0.2) is 89.3 Å². The van der Waals surface area contributed by atoms with Crippen molar-refractivity contribution in [2.24, 2.45) is 0 Å². The van der Waals surface area contributed by atoms with E-state index in [0.717, 1.165) is 32.3 Å². The molecule has 0 N–H and O–H groups in total. The Balaban J connectivity index is 1.08. The van der Waals surface area contributed by atoms with Gasteiger partial charge >= 0.3 is 0 Å². The van der Waals surface area contributed by atoms with Gasteiger partial charge in [0.05, 0.1) is 42.4 Å². The summed E-state index contributed by atoms with van der Waals surface area (Å²) in [6.45, 7) is 1.06. The number of nitrogens with zero attached hydrogens (tertiary/aromatic N) is 2. The number of fused-ring (bicyclic) bond motifs is 2. The van der Waals surface area contributed by atoms with Crippen LogP contribution in [0.25, 0.3) is 21.0 Å². The van der Waals surface area contributed by atoms with Gasteiger partial charge in [0.25, 0.3) is 0 Å². The summed E-state index contributed by atoms with van der Waals surface area (Å²) >= 11 is 1.18. The molecule has 1 aromatic heterocycles. The second kappa shape index (κ2) is 13.4. The first kappa shape index (κ1) is 30.8. The van der Waals surface area contributed by atoms with E-state index >= 15 is 0 Å². The molecule has 0 aliphatic carbocycles. The zero-order valence-electron chi connectivity index (χ0n) is 24.8. The number of amides is 1. The molecule has 0 spiro atoms. The molecule has 9 nitrogen and oxygen atoms in total. The Morgan fingerprint density at radius 3 is 2.58 bits per heavy atom. The van der Waals surface area contributed by atoms with E-state index < -0.39 is 22.0 Å². The second-order valence-electron chi connectivity index (χ2n) is 11.0. The predicted molar refractivity (Wildman–Crippen MR) is 172 cm³/mol. The van der Waals surface area contributed by atoms with Crippen LogP contribution in [0.5, 0.6) is 11.5 Å². The van der Waals surface area contributed by atoms with Crippen molar-refractivity contribution < 1.29 is 32.5 Å². The first-order valence-electron chi connectivity index (χ1n) is 14.8. The summed E-state index contributed by atoms with van der Waals surface area (Å²) in [5.74, 6) is 1.27. The fourth-order valence-electron chi connectivity index (χ4n) is 5.79. The van der Waals surface area contributed by atoms with E-state index in [1.807, 2.05) is 78.9 Å². The highest BCUT2D eigenvalue weighted by Crippen LogP contribution is 2.35. The molecular weight excluding hydrogens is 613 g/mol. The predicted octanol–water partition coefficient (Wildman–Crippen LogP) is 5.42. The van der Waals surface area contributed by atoms with Crippen LogP contribution >= 0.6 is 11.3 Å². The van der Waals surface area contributed by atoms with Crippen LogP contribution in [-0.4, -0.2) is 63.1 Å². The molecule has 1 amide bonds. The van der Waals surface area contributed by atoms with Gasteiger partial charge in [-0.15, -0.1) is 11.3 Å². The second-order valence-corrected chi connectivity index (χ2v) is 14.3. The first-order valence-corrected chi connectivity index (χ1v) is 17.2. The molecule has 1 saturated heterocycles. The minimum atomic E-state index is -3.50. The molecule has 1 fully saturated rings. The average Bonchev–Trinajstić information content (AvgIpc) is 3.51. The van der Waals surface area contributed by atoms with Crippen molar-refractivity contribution in [1.29, 1.82) is 0 Å². The molecule has 11 heteroatoms. The highest BCUT2D eigenvalue weighted by atomic mass is 32.2. The maximum absolute atomic E-state index is 12.8. The Kier molecular flexibility index (Phi) is 9.20. The molecule has 234 valence electrons. The van der Waals surface area contributed by atoms with Gasteiger partial charge in [0.2, 0.25) is 14.2 Å². The van der Waals surface area contributed by atoms with E-state index in [-0.39, 0.29) is 35.8 Å². The van der Waals surface area contributed by atoms with Gasteiger partial charge in [-0.05, 0) is 48.1 Å². The molecule has 0 bridgehead atoms. The topological polar surface area (TPSA) is 118 Å². The van der Waals surface area contributed by atoms with E-state index in [1.165, 1.54) is 16.2 Å². The third-order valence-electron chi connectivity index (χ3n) is 8.11. The lowest BCUT2D eigenvalue weighted by atomic mass is 9.87. The normalized spacial score (nSPS) is 17.0. The van der Waals surface area contributed by atoms with Crippen molar-refractivity contribution in [1.82, 2.24) is 9.88 Å². The monoisotopic (exact) mass is 645 g/mol. The van der Waals surface area contributed by atoms with Gasteiger partial charge in [-0.3, -0.25) is 0 Å². The van der Waals surface area contributed by atoms with Crippen LogP contribution in [-0.2, 0) is 21.2 Å². The van der Waals surface area contributed by atoms with Crippen molar-refractivity contribution in [2.45, 2.75) is 35.8 Å². The molecule has 0 saturated carbocycles. The fraction of sp³-hybridized carbons (Fsp3) is 0.294. The summed E-state index contributed by atoms with van der Waals surface area (Å²) in [6, 6.07) is 27.0. The van der Waals surface area contributed by atoms with E-state index in [9.17, 15) is 18.3 Å². The van der Waals surface area contributed by atoms with Crippen molar-refractivity contribution >= 4 is 48.3 Å². The Hall–Kier alpha value is -4.19. The van der Waals surface area contributed by atoms with Gasteiger partial charge in [-0.2, -0.15) is 0 Å². The van der Waals surface area contributed by atoms with Gasteiger partial charge in [0.1, 0.15) is 17.6 Å². The van der Waals surface area contributed by atoms with Gasteiger partial charge in [0.15, 0.2) is 0 Å². The molecule has 0 radical (unpaired) electrons.